The number of aromatic nitrogens is 1. The second kappa shape index (κ2) is 6.33. The molecule has 0 aliphatic carbocycles. The summed E-state index contributed by atoms with van der Waals surface area (Å²) in [5, 5.41) is 11.3. The van der Waals surface area contributed by atoms with Gasteiger partial charge in [-0.05, 0) is 13.0 Å². The summed E-state index contributed by atoms with van der Waals surface area (Å²) in [7, 11) is 1.25. The molecule has 3 rings (SSSR count). The molecule has 0 spiro atoms. The van der Waals surface area contributed by atoms with Crippen LogP contribution in [-0.2, 0) is 9.47 Å². The van der Waals surface area contributed by atoms with Crippen molar-refractivity contribution < 1.29 is 19.2 Å². The molecule has 2 saturated heterocycles. The van der Waals surface area contributed by atoms with E-state index in [4.69, 9.17) is 4.74 Å². The molecule has 2 fully saturated rings. The lowest BCUT2D eigenvalue weighted by Gasteiger charge is -2.55. The van der Waals surface area contributed by atoms with Crippen molar-refractivity contribution in [1.29, 1.82) is 0 Å². The molecule has 2 aliphatic heterocycles. The predicted molar refractivity (Wildman–Crippen MR) is 85.2 cm³/mol. The van der Waals surface area contributed by atoms with Crippen molar-refractivity contribution >= 4 is 17.5 Å². The molecule has 0 N–H and O–H groups in total. The lowest BCUT2D eigenvalue weighted by atomic mass is 9.89. The average molecular weight is 336 g/mol. The third-order valence-corrected chi connectivity index (χ3v) is 4.58. The number of methoxy groups -OCH3 is 1. The second-order valence-corrected chi connectivity index (χ2v) is 6.24. The number of nitrogens with zero attached hydrogens (tertiary/aromatic N) is 4. The maximum absolute atomic E-state index is 11.7. The summed E-state index contributed by atoms with van der Waals surface area (Å²) in [5.41, 5.74) is -0.106. The number of nitro groups is 1. The van der Waals surface area contributed by atoms with Crippen LogP contribution in [0.3, 0.4) is 0 Å². The van der Waals surface area contributed by atoms with E-state index < -0.39 is 10.9 Å². The summed E-state index contributed by atoms with van der Waals surface area (Å²) in [5.74, 6) is -0.392. The molecule has 24 heavy (non-hydrogen) atoms. The number of pyridine rings is 1. The molecule has 130 valence electrons. The van der Waals surface area contributed by atoms with Crippen molar-refractivity contribution in [1.82, 2.24) is 9.88 Å². The Morgan fingerprint density at radius 1 is 1.38 bits per heavy atom. The van der Waals surface area contributed by atoms with Gasteiger partial charge in [0, 0.05) is 32.2 Å². The quantitative estimate of drug-likeness (QED) is 0.450. The Morgan fingerprint density at radius 2 is 2.04 bits per heavy atom. The van der Waals surface area contributed by atoms with E-state index in [1.165, 1.54) is 19.2 Å². The Morgan fingerprint density at radius 3 is 2.62 bits per heavy atom. The summed E-state index contributed by atoms with van der Waals surface area (Å²) in [6.45, 7) is 6.46. The number of anilines is 1. The fraction of sp³-hybridized carbons (Fsp3) is 0.600. The van der Waals surface area contributed by atoms with E-state index in [1.807, 2.05) is 4.90 Å². The number of carbonyl (C=O) groups is 1. The maximum atomic E-state index is 11.7. The van der Waals surface area contributed by atoms with Gasteiger partial charge in [-0.25, -0.2) is 9.78 Å². The lowest BCUT2D eigenvalue weighted by Crippen LogP contribution is -2.70. The van der Waals surface area contributed by atoms with Crippen LogP contribution in [0.5, 0.6) is 0 Å². The minimum atomic E-state index is -0.609. The first-order chi connectivity index (χ1) is 11.4. The van der Waals surface area contributed by atoms with Crippen LogP contribution in [0, 0.1) is 10.1 Å². The van der Waals surface area contributed by atoms with Crippen molar-refractivity contribution in [2.24, 2.45) is 0 Å². The molecule has 1 aromatic heterocycles. The molecule has 0 unspecified atom stereocenters. The molecular formula is C15H20N4O5. The Hall–Kier alpha value is -2.26. The first kappa shape index (κ1) is 16.6. The van der Waals surface area contributed by atoms with Crippen LogP contribution in [0.15, 0.2) is 12.1 Å². The fourth-order valence-corrected chi connectivity index (χ4v) is 3.26. The van der Waals surface area contributed by atoms with Gasteiger partial charge in [-0.2, -0.15) is 0 Å². The summed E-state index contributed by atoms with van der Waals surface area (Å²) in [6, 6.07) is 2.62. The van der Waals surface area contributed by atoms with Crippen LogP contribution >= 0.6 is 0 Å². The van der Waals surface area contributed by atoms with Crippen LogP contribution in [-0.4, -0.2) is 72.8 Å². The van der Waals surface area contributed by atoms with Crippen LogP contribution in [0.1, 0.15) is 17.4 Å². The van der Waals surface area contributed by atoms with Crippen LogP contribution in [0.4, 0.5) is 11.5 Å². The SMILES string of the molecule is COC(=O)c1ccc([N+](=O)[O-])c(N2CC(C)(N3CCOCC3)C2)n1. The molecule has 0 atom stereocenters. The van der Waals surface area contributed by atoms with Gasteiger partial charge < -0.3 is 14.4 Å². The molecule has 0 amide bonds. The van der Waals surface area contributed by atoms with Gasteiger partial charge in [0.15, 0.2) is 5.69 Å². The van der Waals surface area contributed by atoms with Gasteiger partial charge in [0.25, 0.3) is 0 Å². The average Bonchev–Trinajstić information content (AvgIpc) is 2.58. The summed E-state index contributed by atoms with van der Waals surface area (Å²) in [4.78, 5) is 30.8. The number of carbonyl (C=O) groups excluding carboxylic acids is 1. The number of morpholine rings is 1. The highest BCUT2D eigenvalue weighted by molar-refractivity contribution is 5.88. The smallest absolute Gasteiger partial charge is 0.356 e. The standard InChI is InChI=1S/C15H20N4O5/c1-15(18-5-7-24-8-6-18)9-17(10-15)13-12(19(21)22)4-3-11(16-13)14(20)23-2/h3-4H,5-10H2,1-2H3. The Bertz CT molecular complexity index is 653. The summed E-state index contributed by atoms with van der Waals surface area (Å²) in [6.07, 6.45) is 0. The van der Waals surface area contributed by atoms with Gasteiger partial charge in [-0.3, -0.25) is 15.0 Å². The summed E-state index contributed by atoms with van der Waals surface area (Å²) < 4.78 is 10.0. The molecule has 0 bridgehead atoms. The Kier molecular flexibility index (Phi) is 4.37. The normalized spacial score (nSPS) is 20.3. The van der Waals surface area contributed by atoms with Crippen molar-refractivity contribution in [2.45, 2.75) is 12.5 Å². The maximum Gasteiger partial charge on any atom is 0.356 e. The van der Waals surface area contributed by atoms with E-state index in [-0.39, 0.29) is 22.7 Å². The number of rotatable bonds is 4. The Labute approximate surface area is 139 Å². The zero-order valence-electron chi connectivity index (χ0n) is 13.7. The van der Waals surface area contributed by atoms with Crippen LogP contribution < -0.4 is 4.90 Å². The monoisotopic (exact) mass is 336 g/mol. The van der Waals surface area contributed by atoms with Crippen LogP contribution in [0.2, 0.25) is 0 Å². The van der Waals surface area contributed by atoms with Gasteiger partial charge >= 0.3 is 11.7 Å². The largest absolute Gasteiger partial charge is 0.464 e. The molecular weight excluding hydrogens is 316 g/mol. The van der Waals surface area contributed by atoms with Gasteiger partial charge in [-0.1, -0.05) is 0 Å². The van der Waals surface area contributed by atoms with Crippen molar-refractivity contribution in [3.63, 3.8) is 0 Å². The van der Waals surface area contributed by atoms with E-state index in [0.29, 0.717) is 26.3 Å². The first-order valence-corrected chi connectivity index (χ1v) is 7.76. The highest BCUT2D eigenvalue weighted by Crippen LogP contribution is 2.36. The summed E-state index contributed by atoms with van der Waals surface area (Å²) >= 11 is 0. The molecule has 2 aliphatic rings. The lowest BCUT2D eigenvalue weighted by molar-refractivity contribution is -0.384. The number of hydrogen-bond donors (Lipinski definition) is 0. The van der Waals surface area contributed by atoms with Crippen molar-refractivity contribution in [2.75, 3.05) is 51.4 Å². The molecule has 0 aromatic carbocycles. The zero-order chi connectivity index (χ0) is 17.3. The minimum absolute atomic E-state index is 0.0677. The predicted octanol–water partition coefficient (Wildman–Crippen LogP) is 0.687. The molecule has 9 nitrogen and oxygen atoms in total. The van der Waals surface area contributed by atoms with Crippen molar-refractivity contribution in [3.05, 3.63) is 27.9 Å². The zero-order valence-corrected chi connectivity index (χ0v) is 13.7. The minimum Gasteiger partial charge on any atom is -0.464 e. The van der Waals surface area contributed by atoms with Crippen molar-refractivity contribution in [3.8, 4) is 0 Å². The van der Waals surface area contributed by atoms with Gasteiger partial charge in [0.2, 0.25) is 5.82 Å². The van der Waals surface area contributed by atoms with E-state index >= 15 is 0 Å². The van der Waals surface area contributed by atoms with Gasteiger partial charge in [0.1, 0.15) is 0 Å². The number of esters is 1. The molecule has 0 radical (unpaired) electrons. The van der Waals surface area contributed by atoms with E-state index in [2.05, 4.69) is 21.5 Å². The highest BCUT2D eigenvalue weighted by atomic mass is 16.6. The number of hydrogen-bond acceptors (Lipinski definition) is 8. The molecule has 1 aromatic rings. The van der Waals surface area contributed by atoms with Crippen LogP contribution in [0.25, 0.3) is 0 Å². The first-order valence-electron chi connectivity index (χ1n) is 7.76. The van der Waals surface area contributed by atoms with E-state index in [0.717, 1.165) is 13.1 Å². The second-order valence-electron chi connectivity index (χ2n) is 6.24. The molecule has 3 heterocycles. The topological polar surface area (TPSA) is 98.0 Å². The Balaban J connectivity index is 1.81. The third kappa shape index (κ3) is 2.92. The molecule has 9 heteroatoms. The number of ether oxygens (including phenoxy) is 2. The van der Waals surface area contributed by atoms with E-state index in [9.17, 15) is 14.9 Å². The molecule has 0 saturated carbocycles. The third-order valence-electron chi connectivity index (χ3n) is 4.58. The highest BCUT2D eigenvalue weighted by Gasteiger charge is 2.46. The van der Waals surface area contributed by atoms with Gasteiger partial charge in [-0.15, -0.1) is 0 Å². The van der Waals surface area contributed by atoms with E-state index in [1.54, 1.807) is 0 Å². The fourth-order valence-electron chi connectivity index (χ4n) is 3.26. The van der Waals surface area contributed by atoms with Gasteiger partial charge in [0.05, 0.1) is 30.8 Å².